The minimum Gasteiger partial charge on any atom is -0.478 e. The minimum absolute atomic E-state index is 0.00237. The van der Waals surface area contributed by atoms with Crippen LogP contribution in [-0.2, 0) is 17.1 Å². The monoisotopic (exact) mass is 471 g/mol. The van der Waals surface area contributed by atoms with Crippen molar-refractivity contribution in [2.75, 3.05) is 0 Å². The summed E-state index contributed by atoms with van der Waals surface area (Å²) in [6.07, 6.45) is -9.03. The van der Waals surface area contributed by atoms with E-state index >= 15 is 0 Å². The summed E-state index contributed by atoms with van der Waals surface area (Å²) in [6.45, 7) is 3.18. The molecular weight excluding hydrogens is 460 g/mol. The average molecular weight is 472 g/mol. The maximum absolute atomic E-state index is 13.0. The van der Waals surface area contributed by atoms with Crippen LogP contribution in [0.5, 0.6) is 0 Å². The molecule has 0 spiro atoms. The highest BCUT2D eigenvalue weighted by Crippen LogP contribution is 2.38. The van der Waals surface area contributed by atoms with Crippen LogP contribution in [0.2, 0.25) is 0 Å². The van der Waals surface area contributed by atoms with Crippen LogP contribution in [0.1, 0.15) is 25.0 Å². The number of rotatable bonds is 4. The van der Waals surface area contributed by atoms with E-state index in [0.29, 0.717) is 12.1 Å². The van der Waals surface area contributed by atoms with Crippen molar-refractivity contribution in [3.8, 4) is 11.4 Å². The highest BCUT2D eigenvalue weighted by Gasteiger charge is 2.37. The molecule has 0 radical (unpaired) electrons. The second kappa shape index (κ2) is 7.57. The molecule has 0 bridgehead atoms. The van der Waals surface area contributed by atoms with Gasteiger partial charge in [0, 0.05) is 5.56 Å². The van der Waals surface area contributed by atoms with Gasteiger partial charge in [-0.25, -0.2) is 14.5 Å². The quantitative estimate of drug-likeness (QED) is 0.486. The zero-order chi connectivity index (χ0) is 21.4. The van der Waals surface area contributed by atoms with Gasteiger partial charge >= 0.3 is 18.3 Å². The molecule has 12 heteroatoms. The minimum atomic E-state index is -5.01. The standard InChI is InChI=1S/C16H12BrF6N3O2/c1-7(2)11(14(27)28)12(17)26-6-24-13(25-26)8-3-9(15(18,19)20)5-10(4-8)16(21,22)23/h3-7H,1-2H3,(H,27,28). The number of hydrogen-bond donors (Lipinski definition) is 1. The van der Waals surface area contributed by atoms with Crippen molar-refractivity contribution in [1.82, 2.24) is 14.8 Å². The number of alkyl halides is 6. The number of carboxylic acids is 1. The van der Waals surface area contributed by atoms with Crippen molar-refractivity contribution < 1.29 is 36.2 Å². The van der Waals surface area contributed by atoms with Crippen molar-refractivity contribution in [2.24, 2.45) is 5.92 Å². The normalized spacial score (nSPS) is 13.6. The number of benzene rings is 1. The van der Waals surface area contributed by atoms with E-state index in [-0.39, 0.29) is 16.2 Å². The highest BCUT2D eigenvalue weighted by atomic mass is 79.9. The van der Waals surface area contributed by atoms with Crippen molar-refractivity contribution in [3.63, 3.8) is 0 Å². The Bertz CT molecular complexity index is 899. The van der Waals surface area contributed by atoms with E-state index in [0.717, 1.165) is 11.0 Å². The van der Waals surface area contributed by atoms with Gasteiger partial charge in [-0.15, -0.1) is 5.10 Å². The van der Waals surface area contributed by atoms with Crippen molar-refractivity contribution in [1.29, 1.82) is 0 Å². The molecule has 0 unspecified atom stereocenters. The van der Waals surface area contributed by atoms with E-state index in [1.54, 1.807) is 13.8 Å². The van der Waals surface area contributed by atoms with E-state index < -0.39 is 46.8 Å². The second-order valence-corrected chi connectivity index (χ2v) is 6.72. The van der Waals surface area contributed by atoms with Crippen LogP contribution in [0.25, 0.3) is 16.0 Å². The van der Waals surface area contributed by atoms with Gasteiger partial charge in [0.25, 0.3) is 0 Å². The number of hydrogen-bond acceptors (Lipinski definition) is 3. The molecule has 0 amide bonds. The molecule has 1 heterocycles. The third-order valence-electron chi connectivity index (χ3n) is 3.57. The van der Waals surface area contributed by atoms with E-state index in [9.17, 15) is 36.2 Å². The van der Waals surface area contributed by atoms with Gasteiger partial charge in [-0.1, -0.05) is 13.8 Å². The number of aliphatic carboxylic acids is 1. The zero-order valence-electron chi connectivity index (χ0n) is 14.2. The van der Waals surface area contributed by atoms with E-state index in [2.05, 4.69) is 26.0 Å². The smallest absolute Gasteiger partial charge is 0.416 e. The summed E-state index contributed by atoms with van der Waals surface area (Å²) in [7, 11) is 0. The number of halogens is 7. The molecule has 1 aromatic carbocycles. The Kier molecular flexibility index (Phi) is 5.93. The van der Waals surface area contributed by atoms with Crippen molar-refractivity contribution in [3.05, 3.63) is 41.2 Å². The molecule has 0 aliphatic heterocycles. The van der Waals surface area contributed by atoms with E-state index in [4.69, 9.17) is 0 Å². The molecule has 0 saturated carbocycles. The fraction of sp³-hybridized carbons (Fsp3) is 0.312. The summed E-state index contributed by atoms with van der Waals surface area (Å²) < 4.78 is 78.7. The molecule has 28 heavy (non-hydrogen) atoms. The van der Waals surface area contributed by atoms with Gasteiger partial charge in [-0.2, -0.15) is 26.3 Å². The van der Waals surface area contributed by atoms with Crippen LogP contribution in [0.3, 0.4) is 0 Å². The molecule has 1 aromatic heterocycles. The first kappa shape index (κ1) is 21.9. The molecule has 1 N–H and O–H groups in total. The SMILES string of the molecule is CC(C)C(C(=O)O)=C(Br)n1cnc(-c2cc(C(F)(F)F)cc(C(F)(F)F)c2)n1. The summed E-state index contributed by atoms with van der Waals surface area (Å²) in [5.74, 6) is -2.15. The lowest BCUT2D eigenvalue weighted by Crippen LogP contribution is -2.12. The molecule has 0 atom stereocenters. The third-order valence-corrected chi connectivity index (χ3v) is 4.36. The number of aromatic nitrogens is 3. The Hall–Kier alpha value is -2.37. The molecule has 0 aliphatic rings. The topological polar surface area (TPSA) is 68.0 Å². The summed E-state index contributed by atoms with van der Waals surface area (Å²) in [5.41, 5.74) is -3.62. The zero-order valence-corrected chi connectivity index (χ0v) is 15.8. The van der Waals surface area contributed by atoms with Crippen molar-refractivity contribution >= 4 is 26.5 Å². The molecular formula is C16H12BrF6N3O2. The number of nitrogens with zero attached hydrogens (tertiary/aromatic N) is 3. The van der Waals surface area contributed by atoms with Gasteiger partial charge in [0.2, 0.25) is 0 Å². The molecule has 0 aliphatic carbocycles. The summed E-state index contributed by atoms with van der Waals surface area (Å²) in [4.78, 5) is 15.1. The average Bonchev–Trinajstić information content (AvgIpc) is 3.02. The predicted molar refractivity (Wildman–Crippen MR) is 90.1 cm³/mol. The van der Waals surface area contributed by atoms with Gasteiger partial charge in [-0.3, -0.25) is 0 Å². The Morgan fingerprint density at radius 1 is 1.07 bits per heavy atom. The lowest BCUT2D eigenvalue weighted by molar-refractivity contribution is -0.143. The molecule has 2 rings (SSSR count). The van der Waals surface area contributed by atoms with Gasteiger partial charge < -0.3 is 5.11 Å². The first-order valence-electron chi connectivity index (χ1n) is 7.56. The summed E-state index contributed by atoms with van der Waals surface area (Å²) in [5, 5.41) is 13.1. The van der Waals surface area contributed by atoms with Gasteiger partial charge in [-0.05, 0) is 40.0 Å². The van der Waals surface area contributed by atoms with Crippen LogP contribution in [0.15, 0.2) is 30.1 Å². The summed E-state index contributed by atoms with van der Waals surface area (Å²) in [6, 6.07) is 0.984. The summed E-state index contributed by atoms with van der Waals surface area (Å²) >= 11 is 3.03. The van der Waals surface area contributed by atoms with Gasteiger partial charge in [0.1, 0.15) is 10.9 Å². The maximum Gasteiger partial charge on any atom is 0.416 e. The van der Waals surface area contributed by atoms with Crippen LogP contribution in [0, 0.1) is 5.92 Å². The molecule has 0 fully saturated rings. The third kappa shape index (κ3) is 4.72. The molecule has 5 nitrogen and oxygen atoms in total. The van der Waals surface area contributed by atoms with Crippen LogP contribution in [-0.4, -0.2) is 25.8 Å². The van der Waals surface area contributed by atoms with Crippen LogP contribution >= 0.6 is 15.9 Å². The number of carboxylic acid groups (broad SMARTS) is 1. The lowest BCUT2D eigenvalue weighted by atomic mass is 10.0. The number of carbonyl (C=O) groups is 1. The molecule has 0 saturated heterocycles. The van der Waals surface area contributed by atoms with Gasteiger partial charge in [0.15, 0.2) is 5.82 Å². The van der Waals surface area contributed by atoms with E-state index in [1.165, 1.54) is 0 Å². The highest BCUT2D eigenvalue weighted by molar-refractivity contribution is 9.14. The largest absolute Gasteiger partial charge is 0.478 e. The Morgan fingerprint density at radius 2 is 1.57 bits per heavy atom. The first-order chi connectivity index (χ1) is 12.7. The Balaban J connectivity index is 2.62. The molecule has 2 aromatic rings. The van der Waals surface area contributed by atoms with Crippen LogP contribution in [0.4, 0.5) is 26.3 Å². The van der Waals surface area contributed by atoms with Crippen LogP contribution < -0.4 is 0 Å². The predicted octanol–water partition coefficient (Wildman–Crippen LogP) is 5.29. The fourth-order valence-electron chi connectivity index (χ4n) is 2.27. The molecule has 152 valence electrons. The van der Waals surface area contributed by atoms with Crippen molar-refractivity contribution in [2.45, 2.75) is 26.2 Å². The second-order valence-electron chi connectivity index (χ2n) is 5.97. The fourth-order valence-corrected chi connectivity index (χ4v) is 3.07. The Morgan fingerprint density at radius 3 is 1.96 bits per heavy atom. The Labute approximate surface area is 162 Å². The van der Waals surface area contributed by atoms with Gasteiger partial charge in [0.05, 0.1) is 16.7 Å². The first-order valence-corrected chi connectivity index (χ1v) is 8.36. The van der Waals surface area contributed by atoms with E-state index in [1.807, 2.05) is 0 Å². The lowest BCUT2D eigenvalue weighted by Gasteiger charge is -2.13. The maximum atomic E-state index is 13.0.